The molecule has 0 radical (unpaired) electrons. The first kappa shape index (κ1) is 17.3. The van der Waals surface area contributed by atoms with Crippen LogP contribution in [0.5, 0.6) is 0 Å². The lowest BCUT2D eigenvalue weighted by molar-refractivity contribution is -0.576. The van der Waals surface area contributed by atoms with Gasteiger partial charge < -0.3 is 5.21 Å². The molecule has 26 heavy (non-hydrogen) atoms. The van der Waals surface area contributed by atoms with E-state index in [1.54, 1.807) is 30.3 Å². The zero-order valence-corrected chi connectivity index (χ0v) is 15.7. The minimum Gasteiger partial charge on any atom is -0.618 e. The summed E-state index contributed by atoms with van der Waals surface area (Å²) in [5.74, 6) is 0.0808. The van der Waals surface area contributed by atoms with Crippen LogP contribution in [0, 0.1) is 22.0 Å². The molecule has 1 aromatic heterocycles. The second-order valence-corrected chi connectivity index (χ2v) is 9.83. The minimum absolute atomic E-state index is 0.0564. The van der Waals surface area contributed by atoms with Crippen molar-refractivity contribution >= 4 is 32.4 Å². The van der Waals surface area contributed by atoms with Crippen LogP contribution in [0.1, 0.15) is 33.1 Å². The van der Waals surface area contributed by atoms with Gasteiger partial charge in [0, 0.05) is 17.9 Å². The number of carbonyl (C=O) groups is 1. The van der Waals surface area contributed by atoms with E-state index in [0.717, 1.165) is 6.42 Å². The molecule has 1 heterocycles. The Morgan fingerprint density at radius 2 is 2.00 bits per heavy atom. The number of sulfonamides is 1. The third-order valence-electron chi connectivity index (χ3n) is 6.63. The van der Waals surface area contributed by atoms with Crippen molar-refractivity contribution in [1.82, 2.24) is 0 Å². The number of nitrogens with one attached hydrogen (secondary N) is 1. The van der Waals surface area contributed by atoms with Crippen LogP contribution in [0.15, 0.2) is 36.5 Å². The molecule has 4 rings (SSSR count). The van der Waals surface area contributed by atoms with E-state index in [2.05, 4.69) is 4.72 Å². The Morgan fingerprint density at radius 1 is 1.27 bits per heavy atom. The summed E-state index contributed by atoms with van der Waals surface area (Å²) in [5.41, 5.74) is -0.637. The highest BCUT2D eigenvalue weighted by Gasteiger charge is 2.65. The maximum Gasteiger partial charge on any atom is 0.248 e. The highest BCUT2D eigenvalue weighted by molar-refractivity contribution is 7.92. The number of benzene rings is 1. The van der Waals surface area contributed by atoms with E-state index in [4.69, 9.17) is 0 Å². The van der Waals surface area contributed by atoms with E-state index in [1.807, 2.05) is 13.8 Å². The molecule has 1 N–H and O–H groups in total. The van der Waals surface area contributed by atoms with Gasteiger partial charge in [0.15, 0.2) is 6.20 Å². The van der Waals surface area contributed by atoms with Gasteiger partial charge in [-0.3, -0.25) is 9.52 Å². The first-order chi connectivity index (χ1) is 12.2. The summed E-state index contributed by atoms with van der Waals surface area (Å²) in [5, 5.41) is 12.8. The van der Waals surface area contributed by atoms with Gasteiger partial charge in [0.1, 0.15) is 11.5 Å². The fourth-order valence-corrected chi connectivity index (χ4v) is 6.86. The van der Waals surface area contributed by atoms with Crippen molar-refractivity contribution in [3.8, 4) is 0 Å². The molecule has 2 atom stereocenters. The molecule has 0 saturated heterocycles. The van der Waals surface area contributed by atoms with Crippen LogP contribution in [-0.4, -0.2) is 20.0 Å². The number of rotatable bonds is 4. The van der Waals surface area contributed by atoms with Crippen molar-refractivity contribution in [3.05, 3.63) is 41.7 Å². The first-order valence-corrected chi connectivity index (χ1v) is 10.5. The van der Waals surface area contributed by atoms with Crippen LogP contribution in [-0.2, 0) is 14.8 Å². The Bertz CT molecular complexity index is 1010. The number of fused-ring (bicyclic) bond motifs is 3. The van der Waals surface area contributed by atoms with Gasteiger partial charge >= 0.3 is 0 Å². The highest BCUT2D eigenvalue weighted by Crippen LogP contribution is 2.64. The molecule has 2 aliphatic carbocycles. The lowest BCUT2D eigenvalue weighted by Crippen LogP contribution is -2.43. The number of anilines is 1. The maximum atomic E-state index is 13.0. The Hall–Kier alpha value is -2.15. The third-order valence-corrected chi connectivity index (χ3v) is 8.03. The van der Waals surface area contributed by atoms with Gasteiger partial charge in [0.05, 0.1) is 11.2 Å². The Morgan fingerprint density at radius 3 is 2.65 bits per heavy atom. The Kier molecular flexibility index (Phi) is 3.60. The summed E-state index contributed by atoms with van der Waals surface area (Å²) in [6, 6.07) is 8.40. The van der Waals surface area contributed by atoms with Gasteiger partial charge in [-0.05, 0) is 42.4 Å². The summed E-state index contributed by atoms with van der Waals surface area (Å²) in [6.45, 7) is 4.02. The maximum absolute atomic E-state index is 13.0. The lowest BCUT2D eigenvalue weighted by Gasteiger charge is -2.36. The number of nitrogens with zero attached hydrogens (tertiary/aromatic N) is 1. The van der Waals surface area contributed by atoms with Crippen LogP contribution >= 0.6 is 0 Å². The molecule has 0 spiro atoms. The molecule has 7 heteroatoms. The molecule has 2 bridgehead atoms. The van der Waals surface area contributed by atoms with Gasteiger partial charge in [0.25, 0.3) is 0 Å². The average molecular weight is 374 g/mol. The Labute approximate surface area is 152 Å². The normalized spacial score (nSPS) is 27.2. The molecule has 2 fully saturated rings. The first-order valence-electron chi connectivity index (χ1n) is 8.81. The molecule has 2 saturated carbocycles. The molecular formula is C19H22N2O4S. The van der Waals surface area contributed by atoms with Gasteiger partial charge in [-0.1, -0.05) is 19.9 Å². The number of aromatic nitrogens is 1. The molecule has 138 valence electrons. The smallest absolute Gasteiger partial charge is 0.248 e. The predicted octanol–water partition coefficient (Wildman–Crippen LogP) is 2.61. The van der Waals surface area contributed by atoms with Gasteiger partial charge in [-0.2, -0.15) is 4.73 Å². The van der Waals surface area contributed by atoms with Crippen LogP contribution in [0.25, 0.3) is 10.9 Å². The largest absolute Gasteiger partial charge is 0.618 e. The summed E-state index contributed by atoms with van der Waals surface area (Å²) in [4.78, 5) is 12.6. The van der Waals surface area contributed by atoms with Crippen molar-refractivity contribution in [2.75, 3.05) is 10.5 Å². The van der Waals surface area contributed by atoms with E-state index in [9.17, 15) is 18.4 Å². The van der Waals surface area contributed by atoms with Gasteiger partial charge in [0.2, 0.25) is 15.5 Å². The van der Waals surface area contributed by atoms with Crippen LogP contribution in [0.4, 0.5) is 5.69 Å². The SMILES string of the molecule is CC1(C)C2CCC1(CS(=O)(=O)Nc1cccc3ccc[n+]([O-])c13)C(=O)C2. The number of carbonyl (C=O) groups excluding carboxylic acids is 1. The van der Waals surface area contributed by atoms with E-state index >= 15 is 0 Å². The fraction of sp³-hybridized carbons (Fsp3) is 0.474. The van der Waals surface area contributed by atoms with E-state index in [0.29, 0.717) is 23.0 Å². The van der Waals surface area contributed by atoms with E-state index in [-0.39, 0.29) is 34.1 Å². The van der Waals surface area contributed by atoms with Gasteiger partial charge in [-0.25, -0.2) is 8.42 Å². The van der Waals surface area contributed by atoms with Crippen molar-refractivity contribution in [2.45, 2.75) is 33.1 Å². The second kappa shape index (κ2) is 5.42. The zero-order chi connectivity index (χ0) is 18.7. The predicted molar refractivity (Wildman–Crippen MR) is 98.9 cm³/mol. The number of ketones is 1. The topological polar surface area (TPSA) is 90.2 Å². The quantitative estimate of drug-likeness (QED) is 0.658. The number of para-hydroxylation sites is 1. The minimum atomic E-state index is -3.80. The molecule has 2 aliphatic rings. The number of Topliss-reactive ketones (excluding diaryl/α,β-unsaturated/α-hetero) is 1. The number of hydrogen-bond donors (Lipinski definition) is 1. The molecule has 2 unspecified atom stereocenters. The lowest BCUT2D eigenvalue weighted by atomic mass is 9.70. The van der Waals surface area contributed by atoms with Crippen LogP contribution in [0.2, 0.25) is 0 Å². The Balaban J connectivity index is 1.71. The number of pyridine rings is 1. The van der Waals surface area contributed by atoms with E-state index < -0.39 is 15.4 Å². The molecular weight excluding hydrogens is 352 g/mol. The van der Waals surface area contributed by atoms with Crippen molar-refractivity contribution in [1.29, 1.82) is 0 Å². The standard InChI is InChI=1S/C19H22N2O4S/c1-18(2)14-8-9-19(18,16(22)11-14)12-26(24,25)20-15-7-3-5-13-6-4-10-21(23)17(13)15/h3-7,10,14,20H,8-9,11-12H2,1-2H3. The highest BCUT2D eigenvalue weighted by atomic mass is 32.2. The van der Waals surface area contributed by atoms with Crippen molar-refractivity contribution < 1.29 is 17.9 Å². The third kappa shape index (κ3) is 2.33. The molecule has 1 aromatic carbocycles. The summed E-state index contributed by atoms with van der Waals surface area (Å²) in [6.07, 6.45) is 3.31. The second-order valence-electron chi connectivity index (χ2n) is 8.11. The zero-order valence-electron chi connectivity index (χ0n) is 14.9. The molecule has 2 aromatic rings. The average Bonchev–Trinajstić information content (AvgIpc) is 2.88. The summed E-state index contributed by atoms with van der Waals surface area (Å²) < 4.78 is 29.1. The molecule has 0 aliphatic heterocycles. The van der Waals surface area contributed by atoms with Crippen LogP contribution in [0.3, 0.4) is 0 Å². The van der Waals surface area contributed by atoms with Crippen molar-refractivity contribution in [3.63, 3.8) is 0 Å². The fourth-order valence-electron chi connectivity index (χ4n) is 4.96. The van der Waals surface area contributed by atoms with E-state index in [1.165, 1.54) is 6.20 Å². The number of hydrogen-bond acceptors (Lipinski definition) is 4. The summed E-state index contributed by atoms with van der Waals surface area (Å²) in [7, 11) is -3.80. The van der Waals surface area contributed by atoms with Gasteiger partial charge in [-0.15, -0.1) is 0 Å². The molecule has 6 nitrogen and oxygen atoms in total. The molecule has 0 amide bonds. The monoisotopic (exact) mass is 374 g/mol. The van der Waals surface area contributed by atoms with Crippen molar-refractivity contribution in [2.24, 2.45) is 16.7 Å². The van der Waals surface area contributed by atoms with Crippen LogP contribution < -0.4 is 9.45 Å². The summed E-state index contributed by atoms with van der Waals surface area (Å²) >= 11 is 0.